The number of nitrogens with zero attached hydrogens (tertiary/aromatic N) is 2. The van der Waals surface area contributed by atoms with E-state index in [2.05, 4.69) is 9.55 Å². The fourth-order valence-electron chi connectivity index (χ4n) is 2.69. The molecule has 2 N–H and O–H groups in total. The van der Waals surface area contributed by atoms with Crippen molar-refractivity contribution in [1.82, 2.24) is 9.55 Å². The fraction of sp³-hybridized carbons (Fsp3) is 0.769. The molecule has 0 bridgehead atoms. The van der Waals surface area contributed by atoms with Crippen LogP contribution < -0.4 is 5.73 Å². The summed E-state index contributed by atoms with van der Waals surface area (Å²) in [5.74, 6) is 0.928. The van der Waals surface area contributed by atoms with Gasteiger partial charge in [0.05, 0.1) is 12.0 Å². The summed E-state index contributed by atoms with van der Waals surface area (Å²) < 4.78 is 2.22. The number of rotatable bonds is 4. The zero-order valence-electron chi connectivity index (χ0n) is 10.2. The molecule has 1 aliphatic carbocycles. The molecule has 0 unspecified atom stereocenters. The van der Waals surface area contributed by atoms with E-state index >= 15 is 0 Å². The minimum atomic E-state index is 0.0915. The first-order chi connectivity index (χ1) is 7.77. The van der Waals surface area contributed by atoms with Crippen molar-refractivity contribution in [3.05, 3.63) is 18.2 Å². The highest BCUT2D eigenvalue weighted by Crippen LogP contribution is 2.27. The molecule has 0 aromatic carbocycles. The number of aromatic nitrogens is 2. The summed E-state index contributed by atoms with van der Waals surface area (Å²) in [6, 6.07) is 0.0915. The van der Waals surface area contributed by atoms with Crippen LogP contribution in [0.5, 0.6) is 0 Å². The average molecular weight is 221 g/mol. The van der Waals surface area contributed by atoms with Gasteiger partial charge in [0.25, 0.3) is 0 Å². The van der Waals surface area contributed by atoms with Crippen LogP contribution in [-0.2, 0) is 6.54 Å². The van der Waals surface area contributed by atoms with Crippen LogP contribution >= 0.6 is 0 Å². The molecule has 0 amide bonds. The van der Waals surface area contributed by atoms with Crippen LogP contribution in [0.1, 0.15) is 57.2 Å². The van der Waals surface area contributed by atoms with Crippen LogP contribution in [0.4, 0.5) is 0 Å². The lowest BCUT2D eigenvalue weighted by Crippen LogP contribution is -2.14. The fourth-order valence-corrected chi connectivity index (χ4v) is 2.69. The van der Waals surface area contributed by atoms with E-state index in [0.717, 1.165) is 18.2 Å². The number of hydrogen-bond donors (Lipinski definition) is 1. The molecule has 1 atom stereocenters. The van der Waals surface area contributed by atoms with E-state index in [1.165, 1.54) is 38.5 Å². The number of hydrogen-bond acceptors (Lipinski definition) is 2. The summed E-state index contributed by atoms with van der Waals surface area (Å²) >= 11 is 0. The predicted octanol–water partition coefficient (Wildman–Crippen LogP) is 2.87. The Morgan fingerprint density at radius 3 is 2.88 bits per heavy atom. The zero-order chi connectivity index (χ0) is 11.4. The van der Waals surface area contributed by atoms with Gasteiger partial charge in [-0.3, -0.25) is 0 Å². The summed E-state index contributed by atoms with van der Waals surface area (Å²) in [6.45, 7) is 3.11. The quantitative estimate of drug-likeness (QED) is 0.849. The highest BCUT2D eigenvalue weighted by Gasteiger charge is 2.14. The second-order valence-corrected chi connectivity index (χ2v) is 5.09. The first-order valence-electron chi connectivity index (χ1n) is 6.53. The van der Waals surface area contributed by atoms with Gasteiger partial charge in [-0.1, -0.05) is 32.1 Å². The molecule has 0 saturated heterocycles. The molecule has 1 aromatic rings. The van der Waals surface area contributed by atoms with Crippen molar-refractivity contribution in [2.45, 2.75) is 58.0 Å². The Hall–Kier alpha value is -0.830. The lowest BCUT2D eigenvalue weighted by Gasteiger charge is -2.22. The second-order valence-electron chi connectivity index (χ2n) is 5.09. The van der Waals surface area contributed by atoms with E-state index in [1.807, 2.05) is 19.4 Å². The van der Waals surface area contributed by atoms with Gasteiger partial charge in [0.1, 0.15) is 0 Å². The first-order valence-corrected chi connectivity index (χ1v) is 6.53. The molecule has 1 heterocycles. The number of nitrogens with two attached hydrogens (primary N) is 1. The standard InChI is InChI=1S/C13H23N3/c1-11(14)13-9-15-10-16(13)8-7-12-5-3-2-4-6-12/h9-12H,2-8,14H2,1H3/t11-/m1/s1. The van der Waals surface area contributed by atoms with Crippen molar-refractivity contribution >= 4 is 0 Å². The Bertz CT molecular complexity index is 311. The minimum Gasteiger partial charge on any atom is -0.333 e. The van der Waals surface area contributed by atoms with Gasteiger partial charge in [-0.15, -0.1) is 0 Å². The van der Waals surface area contributed by atoms with Crippen LogP contribution in [0.15, 0.2) is 12.5 Å². The smallest absolute Gasteiger partial charge is 0.0948 e. The molecule has 16 heavy (non-hydrogen) atoms. The molecule has 1 aliphatic rings. The summed E-state index contributed by atoms with van der Waals surface area (Å²) in [5, 5.41) is 0. The topological polar surface area (TPSA) is 43.8 Å². The maximum absolute atomic E-state index is 5.91. The van der Waals surface area contributed by atoms with Crippen LogP contribution in [-0.4, -0.2) is 9.55 Å². The lowest BCUT2D eigenvalue weighted by molar-refractivity contribution is 0.322. The van der Waals surface area contributed by atoms with Gasteiger partial charge in [-0.2, -0.15) is 0 Å². The Labute approximate surface area is 98.1 Å². The van der Waals surface area contributed by atoms with E-state index in [4.69, 9.17) is 5.73 Å². The maximum Gasteiger partial charge on any atom is 0.0948 e. The molecular weight excluding hydrogens is 198 g/mol. The van der Waals surface area contributed by atoms with E-state index < -0.39 is 0 Å². The molecule has 1 fully saturated rings. The van der Waals surface area contributed by atoms with Gasteiger partial charge in [-0.05, 0) is 19.3 Å². The molecule has 0 spiro atoms. The third kappa shape index (κ3) is 2.85. The van der Waals surface area contributed by atoms with Gasteiger partial charge in [-0.25, -0.2) is 4.98 Å². The highest BCUT2D eigenvalue weighted by molar-refractivity contribution is 5.02. The van der Waals surface area contributed by atoms with Gasteiger partial charge < -0.3 is 10.3 Å². The van der Waals surface area contributed by atoms with Crippen molar-refractivity contribution in [2.75, 3.05) is 0 Å². The minimum absolute atomic E-state index is 0.0915. The van der Waals surface area contributed by atoms with Crippen LogP contribution in [0.2, 0.25) is 0 Å². The lowest BCUT2D eigenvalue weighted by atomic mass is 9.87. The molecule has 1 aromatic heterocycles. The molecule has 2 rings (SSSR count). The number of aryl methyl sites for hydroxylation is 1. The zero-order valence-corrected chi connectivity index (χ0v) is 10.2. The molecule has 90 valence electrons. The maximum atomic E-state index is 5.91. The first kappa shape index (κ1) is 11.6. The third-order valence-corrected chi connectivity index (χ3v) is 3.71. The highest BCUT2D eigenvalue weighted by atomic mass is 15.1. The molecule has 0 aliphatic heterocycles. The van der Waals surface area contributed by atoms with Crippen LogP contribution in [0.25, 0.3) is 0 Å². The Morgan fingerprint density at radius 2 is 2.19 bits per heavy atom. The predicted molar refractivity (Wildman–Crippen MR) is 66.0 cm³/mol. The van der Waals surface area contributed by atoms with E-state index in [0.29, 0.717) is 0 Å². The largest absolute Gasteiger partial charge is 0.333 e. The number of imidazole rings is 1. The summed E-state index contributed by atoms with van der Waals surface area (Å²) in [5.41, 5.74) is 7.07. The van der Waals surface area contributed by atoms with Crippen LogP contribution in [0.3, 0.4) is 0 Å². The molecule has 0 radical (unpaired) electrons. The normalized spacial score (nSPS) is 19.9. The van der Waals surface area contributed by atoms with E-state index in [9.17, 15) is 0 Å². The van der Waals surface area contributed by atoms with Crippen molar-refractivity contribution in [3.8, 4) is 0 Å². The average Bonchev–Trinajstić information content (AvgIpc) is 2.76. The van der Waals surface area contributed by atoms with Gasteiger partial charge >= 0.3 is 0 Å². The molecule has 3 heteroatoms. The second kappa shape index (κ2) is 5.48. The Balaban J connectivity index is 1.86. The van der Waals surface area contributed by atoms with Gasteiger partial charge in [0.15, 0.2) is 0 Å². The van der Waals surface area contributed by atoms with Gasteiger partial charge in [0.2, 0.25) is 0 Å². The summed E-state index contributed by atoms with van der Waals surface area (Å²) in [7, 11) is 0. The molecule has 3 nitrogen and oxygen atoms in total. The van der Waals surface area contributed by atoms with Crippen molar-refractivity contribution < 1.29 is 0 Å². The molecular formula is C13H23N3. The Morgan fingerprint density at radius 1 is 1.44 bits per heavy atom. The molecule has 1 saturated carbocycles. The summed E-state index contributed by atoms with van der Waals surface area (Å²) in [6.07, 6.45) is 12.2. The van der Waals surface area contributed by atoms with Crippen molar-refractivity contribution in [3.63, 3.8) is 0 Å². The summed E-state index contributed by atoms with van der Waals surface area (Å²) in [4.78, 5) is 4.19. The SMILES string of the molecule is C[C@@H](N)c1cncn1CCC1CCCCC1. The van der Waals surface area contributed by atoms with Crippen molar-refractivity contribution in [1.29, 1.82) is 0 Å². The Kier molecular flexibility index (Phi) is 3.99. The van der Waals surface area contributed by atoms with Gasteiger partial charge in [0, 0.05) is 18.8 Å². The van der Waals surface area contributed by atoms with Crippen LogP contribution in [0, 0.1) is 5.92 Å². The third-order valence-electron chi connectivity index (χ3n) is 3.71. The van der Waals surface area contributed by atoms with E-state index in [-0.39, 0.29) is 6.04 Å². The monoisotopic (exact) mass is 221 g/mol. The van der Waals surface area contributed by atoms with E-state index in [1.54, 1.807) is 0 Å². The van der Waals surface area contributed by atoms with Crippen molar-refractivity contribution in [2.24, 2.45) is 11.7 Å².